The molecule has 3 rings (SSSR count). The SMILES string of the molecule is CSc1n[nH]c2ncnc(NCCN3CCCCC3)c12. The highest BCUT2D eigenvalue weighted by atomic mass is 32.2. The first-order chi connectivity index (χ1) is 9.88. The minimum atomic E-state index is 0.796. The Bertz CT molecular complexity index is 563. The number of likely N-dealkylation sites (tertiary alicyclic amines) is 1. The summed E-state index contributed by atoms with van der Waals surface area (Å²) in [6.45, 7) is 4.42. The molecule has 0 aliphatic carbocycles. The van der Waals surface area contributed by atoms with Crippen LogP contribution in [0.4, 0.5) is 5.82 Å². The molecule has 0 saturated carbocycles. The first kappa shape index (κ1) is 13.6. The van der Waals surface area contributed by atoms with Gasteiger partial charge >= 0.3 is 0 Å². The maximum atomic E-state index is 4.36. The van der Waals surface area contributed by atoms with Crippen molar-refractivity contribution in [3.63, 3.8) is 0 Å². The Balaban J connectivity index is 1.66. The summed E-state index contributed by atoms with van der Waals surface area (Å²) in [7, 11) is 0. The van der Waals surface area contributed by atoms with Crippen LogP contribution in [-0.4, -0.2) is 57.5 Å². The summed E-state index contributed by atoms with van der Waals surface area (Å²) >= 11 is 1.61. The molecule has 0 unspecified atom stereocenters. The van der Waals surface area contributed by atoms with E-state index in [-0.39, 0.29) is 0 Å². The zero-order chi connectivity index (χ0) is 13.8. The maximum Gasteiger partial charge on any atom is 0.161 e. The lowest BCUT2D eigenvalue weighted by molar-refractivity contribution is 0.237. The molecular weight excluding hydrogens is 272 g/mol. The lowest BCUT2D eigenvalue weighted by Gasteiger charge is -2.26. The average molecular weight is 292 g/mol. The van der Waals surface area contributed by atoms with E-state index in [4.69, 9.17) is 0 Å². The van der Waals surface area contributed by atoms with E-state index in [2.05, 4.69) is 30.4 Å². The number of H-pyrrole nitrogens is 1. The average Bonchev–Trinajstić information content (AvgIpc) is 2.92. The van der Waals surface area contributed by atoms with Crippen molar-refractivity contribution in [1.82, 2.24) is 25.1 Å². The zero-order valence-electron chi connectivity index (χ0n) is 11.7. The Morgan fingerprint density at radius 2 is 2.15 bits per heavy atom. The third-order valence-electron chi connectivity index (χ3n) is 3.69. The number of rotatable bonds is 5. The predicted molar refractivity (Wildman–Crippen MR) is 82.2 cm³/mol. The smallest absolute Gasteiger partial charge is 0.161 e. The Labute approximate surface area is 122 Å². The highest BCUT2D eigenvalue weighted by Crippen LogP contribution is 2.27. The largest absolute Gasteiger partial charge is 0.368 e. The van der Waals surface area contributed by atoms with Gasteiger partial charge in [0.25, 0.3) is 0 Å². The third kappa shape index (κ3) is 2.88. The molecule has 20 heavy (non-hydrogen) atoms. The van der Waals surface area contributed by atoms with Crippen LogP contribution in [0, 0.1) is 0 Å². The molecule has 0 aromatic carbocycles. The molecule has 7 heteroatoms. The second kappa shape index (κ2) is 6.41. The molecule has 1 saturated heterocycles. The molecule has 1 aliphatic heterocycles. The summed E-state index contributed by atoms with van der Waals surface area (Å²) < 4.78 is 0. The van der Waals surface area contributed by atoms with E-state index in [0.717, 1.165) is 35.0 Å². The van der Waals surface area contributed by atoms with Crippen LogP contribution >= 0.6 is 11.8 Å². The van der Waals surface area contributed by atoms with Gasteiger partial charge in [0.1, 0.15) is 17.2 Å². The monoisotopic (exact) mass is 292 g/mol. The summed E-state index contributed by atoms with van der Waals surface area (Å²) in [6.07, 6.45) is 7.63. The van der Waals surface area contributed by atoms with Crippen LogP contribution in [0.25, 0.3) is 11.0 Å². The molecule has 0 bridgehead atoms. The van der Waals surface area contributed by atoms with Crippen LogP contribution in [0.5, 0.6) is 0 Å². The highest BCUT2D eigenvalue weighted by Gasteiger charge is 2.13. The standard InChI is InChI=1S/C13H20N6S/c1-20-13-10-11(15-9-16-12(10)17-18-13)14-5-8-19-6-3-2-4-7-19/h9H,2-8H2,1H3,(H2,14,15,16,17,18). The number of nitrogens with zero attached hydrogens (tertiary/aromatic N) is 4. The van der Waals surface area contributed by atoms with Crippen molar-refractivity contribution in [3.05, 3.63) is 6.33 Å². The normalized spacial score (nSPS) is 16.6. The molecule has 2 N–H and O–H groups in total. The Hall–Kier alpha value is -1.34. The van der Waals surface area contributed by atoms with Gasteiger partial charge in [-0.25, -0.2) is 9.97 Å². The molecule has 0 atom stereocenters. The summed E-state index contributed by atoms with van der Waals surface area (Å²) in [5.41, 5.74) is 0.796. The van der Waals surface area contributed by atoms with Gasteiger partial charge in [-0.15, -0.1) is 11.8 Å². The Morgan fingerprint density at radius 3 is 2.95 bits per heavy atom. The molecule has 1 aliphatic rings. The first-order valence-corrected chi connectivity index (χ1v) is 8.30. The molecule has 2 aromatic rings. The van der Waals surface area contributed by atoms with Gasteiger partial charge in [-0.05, 0) is 32.2 Å². The molecule has 1 fully saturated rings. The first-order valence-electron chi connectivity index (χ1n) is 7.08. The van der Waals surface area contributed by atoms with E-state index in [1.807, 2.05) is 6.26 Å². The van der Waals surface area contributed by atoms with Gasteiger partial charge in [0.2, 0.25) is 0 Å². The predicted octanol–water partition coefficient (Wildman–Crippen LogP) is 1.97. The van der Waals surface area contributed by atoms with Crippen molar-refractivity contribution < 1.29 is 0 Å². The summed E-state index contributed by atoms with van der Waals surface area (Å²) in [4.78, 5) is 11.1. The fourth-order valence-electron chi connectivity index (χ4n) is 2.63. The van der Waals surface area contributed by atoms with E-state index < -0.39 is 0 Å². The fraction of sp³-hybridized carbons (Fsp3) is 0.615. The molecule has 108 valence electrons. The van der Waals surface area contributed by atoms with Gasteiger partial charge in [0.15, 0.2) is 5.65 Å². The van der Waals surface area contributed by atoms with Gasteiger partial charge in [0, 0.05) is 13.1 Å². The molecular formula is C13H20N6S. The molecule has 0 radical (unpaired) electrons. The van der Waals surface area contributed by atoms with Gasteiger partial charge in [-0.3, -0.25) is 5.10 Å². The Morgan fingerprint density at radius 1 is 1.30 bits per heavy atom. The summed E-state index contributed by atoms with van der Waals surface area (Å²) in [5, 5.41) is 12.6. The summed E-state index contributed by atoms with van der Waals surface area (Å²) in [6, 6.07) is 0. The number of piperidine rings is 1. The van der Waals surface area contributed by atoms with Gasteiger partial charge in [-0.2, -0.15) is 5.10 Å². The third-order valence-corrected chi connectivity index (χ3v) is 4.37. The van der Waals surface area contributed by atoms with Crippen molar-refractivity contribution >= 4 is 28.6 Å². The van der Waals surface area contributed by atoms with Crippen LogP contribution in [0.2, 0.25) is 0 Å². The highest BCUT2D eigenvalue weighted by molar-refractivity contribution is 7.98. The molecule has 0 spiro atoms. The quantitative estimate of drug-likeness (QED) is 0.821. The van der Waals surface area contributed by atoms with E-state index in [1.54, 1.807) is 18.1 Å². The lowest BCUT2D eigenvalue weighted by Crippen LogP contribution is -2.33. The van der Waals surface area contributed by atoms with Gasteiger partial charge in [-0.1, -0.05) is 6.42 Å². The van der Waals surface area contributed by atoms with Crippen molar-refractivity contribution in [2.75, 3.05) is 37.8 Å². The number of hydrogen-bond donors (Lipinski definition) is 2. The van der Waals surface area contributed by atoms with Crippen LogP contribution in [0.15, 0.2) is 11.4 Å². The molecule has 6 nitrogen and oxygen atoms in total. The number of aromatic amines is 1. The van der Waals surface area contributed by atoms with Crippen LogP contribution in [0.3, 0.4) is 0 Å². The van der Waals surface area contributed by atoms with Crippen LogP contribution in [-0.2, 0) is 0 Å². The Kier molecular flexibility index (Phi) is 4.37. The number of thioether (sulfide) groups is 1. The topological polar surface area (TPSA) is 69.7 Å². The number of nitrogens with one attached hydrogen (secondary N) is 2. The number of hydrogen-bond acceptors (Lipinski definition) is 6. The van der Waals surface area contributed by atoms with Crippen molar-refractivity contribution in [3.8, 4) is 0 Å². The van der Waals surface area contributed by atoms with Gasteiger partial charge < -0.3 is 10.2 Å². The van der Waals surface area contributed by atoms with Crippen molar-refractivity contribution in [2.24, 2.45) is 0 Å². The number of aromatic nitrogens is 4. The maximum absolute atomic E-state index is 4.36. The lowest BCUT2D eigenvalue weighted by atomic mass is 10.1. The summed E-state index contributed by atoms with van der Waals surface area (Å²) in [5.74, 6) is 0.880. The van der Waals surface area contributed by atoms with E-state index in [1.165, 1.54) is 32.4 Å². The van der Waals surface area contributed by atoms with Crippen molar-refractivity contribution in [2.45, 2.75) is 24.3 Å². The minimum absolute atomic E-state index is 0.796. The van der Waals surface area contributed by atoms with E-state index in [0.29, 0.717) is 0 Å². The number of anilines is 1. The zero-order valence-corrected chi connectivity index (χ0v) is 12.5. The fourth-order valence-corrected chi connectivity index (χ4v) is 3.16. The van der Waals surface area contributed by atoms with E-state index in [9.17, 15) is 0 Å². The minimum Gasteiger partial charge on any atom is -0.368 e. The van der Waals surface area contributed by atoms with Gasteiger partial charge in [0.05, 0.1) is 5.39 Å². The van der Waals surface area contributed by atoms with Crippen LogP contribution in [0.1, 0.15) is 19.3 Å². The van der Waals surface area contributed by atoms with Crippen molar-refractivity contribution in [1.29, 1.82) is 0 Å². The molecule has 3 heterocycles. The van der Waals surface area contributed by atoms with Crippen LogP contribution < -0.4 is 5.32 Å². The second-order valence-corrected chi connectivity index (χ2v) is 5.80. The second-order valence-electron chi connectivity index (χ2n) is 5.01. The number of fused-ring (bicyclic) bond motifs is 1. The van der Waals surface area contributed by atoms with E-state index >= 15 is 0 Å². The molecule has 2 aromatic heterocycles. The molecule has 0 amide bonds.